The average Bonchev–Trinajstić information content (AvgIpc) is 3.04. The van der Waals surface area contributed by atoms with E-state index < -0.39 is 0 Å². The van der Waals surface area contributed by atoms with E-state index in [1.54, 1.807) is 18.4 Å². The molecule has 4 rings (SSSR count). The molecule has 0 aliphatic carbocycles. The lowest BCUT2D eigenvalue weighted by molar-refractivity contribution is 0.415. The van der Waals surface area contributed by atoms with E-state index in [-0.39, 0.29) is 0 Å². The van der Waals surface area contributed by atoms with Crippen LogP contribution in [0.5, 0.6) is 5.75 Å². The maximum atomic E-state index is 6.25. The van der Waals surface area contributed by atoms with Crippen molar-refractivity contribution in [3.63, 3.8) is 0 Å². The molecule has 0 spiro atoms. The molecule has 2 aromatic carbocycles. The van der Waals surface area contributed by atoms with Crippen LogP contribution >= 0.6 is 22.9 Å². The molecule has 5 heteroatoms. The summed E-state index contributed by atoms with van der Waals surface area (Å²) in [6, 6.07) is 13.8. The quantitative estimate of drug-likeness (QED) is 0.527. The van der Waals surface area contributed by atoms with Crippen LogP contribution in [0.1, 0.15) is 0 Å². The highest BCUT2D eigenvalue weighted by Crippen LogP contribution is 2.33. The van der Waals surface area contributed by atoms with Gasteiger partial charge in [-0.25, -0.2) is 4.98 Å². The highest BCUT2D eigenvalue weighted by molar-refractivity contribution is 7.23. The van der Waals surface area contributed by atoms with E-state index in [0.29, 0.717) is 5.02 Å². The minimum absolute atomic E-state index is 0.717. The number of rotatable bonds is 2. The first-order valence-electron chi connectivity index (χ1n) is 6.47. The lowest BCUT2D eigenvalue weighted by Crippen LogP contribution is -1.82. The van der Waals surface area contributed by atoms with Crippen LogP contribution in [0, 0.1) is 0 Å². The lowest BCUT2D eigenvalue weighted by Gasteiger charge is -1.99. The minimum Gasteiger partial charge on any atom is -0.497 e. The van der Waals surface area contributed by atoms with Gasteiger partial charge in [0.2, 0.25) is 0 Å². The molecule has 0 saturated heterocycles. The zero-order valence-corrected chi connectivity index (χ0v) is 12.8. The Kier molecular flexibility index (Phi) is 2.87. The third-order valence-electron chi connectivity index (χ3n) is 3.45. The largest absolute Gasteiger partial charge is 0.497 e. The van der Waals surface area contributed by atoms with Crippen molar-refractivity contribution < 1.29 is 4.74 Å². The fourth-order valence-corrected chi connectivity index (χ4v) is 3.68. The molecule has 0 radical (unpaired) electrons. The molecular formula is C16H11ClN2OS. The van der Waals surface area contributed by atoms with Gasteiger partial charge in [0.25, 0.3) is 0 Å². The summed E-state index contributed by atoms with van der Waals surface area (Å²) in [6.45, 7) is 0. The van der Waals surface area contributed by atoms with Crippen molar-refractivity contribution in [1.82, 2.24) is 9.38 Å². The highest BCUT2D eigenvalue weighted by atomic mass is 35.5. The molecule has 0 bridgehead atoms. The van der Waals surface area contributed by atoms with Crippen molar-refractivity contribution in [2.75, 3.05) is 7.11 Å². The monoisotopic (exact) mass is 314 g/mol. The molecule has 0 unspecified atom stereocenters. The Hall–Kier alpha value is -2.04. The van der Waals surface area contributed by atoms with E-state index in [0.717, 1.165) is 32.2 Å². The zero-order chi connectivity index (χ0) is 14.4. The Morgan fingerprint density at radius 1 is 1.19 bits per heavy atom. The van der Waals surface area contributed by atoms with E-state index in [1.165, 1.54) is 0 Å². The number of benzene rings is 2. The first kappa shape index (κ1) is 12.7. The fraction of sp³-hybridized carbons (Fsp3) is 0.0625. The third kappa shape index (κ3) is 1.99. The summed E-state index contributed by atoms with van der Waals surface area (Å²) in [5, 5.41) is 0.717. The molecule has 104 valence electrons. The summed E-state index contributed by atoms with van der Waals surface area (Å²) in [6.07, 6.45) is 2.03. The Morgan fingerprint density at radius 3 is 2.86 bits per heavy atom. The van der Waals surface area contributed by atoms with Crippen LogP contribution < -0.4 is 4.74 Å². The molecule has 0 N–H and O–H groups in total. The standard InChI is InChI=1S/C16H11ClN2OS/c1-20-10-6-7-14-15(8-10)21-16-18-13(9-19(14)16)11-4-2-3-5-12(11)17/h2-9H,1H3. The Bertz CT molecular complexity index is 957. The number of imidazole rings is 1. The van der Waals surface area contributed by atoms with Gasteiger partial charge in [-0.05, 0) is 24.3 Å². The van der Waals surface area contributed by atoms with Crippen molar-refractivity contribution in [1.29, 1.82) is 0 Å². The van der Waals surface area contributed by atoms with E-state index in [4.69, 9.17) is 21.3 Å². The number of hydrogen-bond acceptors (Lipinski definition) is 3. The SMILES string of the molecule is COc1ccc2c(c1)sc1nc(-c3ccccc3Cl)cn12. The van der Waals surface area contributed by atoms with Crippen molar-refractivity contribution in [2.45, 2.75) is 0 Å². The summed E-state index contributed by atoms with van der Waals surface area (Å²) >= 11 is 7.89. The molecule has 3 nitrogen and oxygen atoms in total. The molecule has 21 heavy (non-hydrogen) atoms. The predicted octanol–water partition coefficient (Wildman–Crippen LogP) is 4.88. The highest BCUT2D eigenvalue weighted by Gasteiger charge is 2.12. The second-order valence-corrected chi connectivity index (χ2v) is 6.11. The smallest absolute Gasteiger partial charge is 0.195 e. The number of nitrogens with zero attached hydrogens (tertiary/aromatic N) is 2. The molecule has 0 atom stereocenters. The second kappa shape index (κ2) is 4.76. The van der Waals surface area contributed by atoms with Crippen LogP contribution in [0.4, 0.5) is 0 Å². The molecule has 0 fully saturated rings. The number of fused-ring (bicyclic) bond motifs is 3. The van der Waals surface area contributed by atoms with Gasteiger partial charge in [-0.2, -0.15) is 0 Å². The van der Waals surface area contributed by atoms with Gasteiger partial charge < -0.3 is 4.74 Å². The van der Waals surface area contributed by atoms with Crippen LogP contribution in [-0.2, 0) is 0 Å². The molecule has 2 heterocycles. The van der Waals surface area contributed by atoms with Gasteiger partial charge in [0.05, 0.1) is 28.0 Å². The van der Waals surface area contributed by atoms with Crippen molar-refractivity contribution >= 4 is 38.1 Å². The van der Waals surface area contributed by atoms with Gasteiger partial charge in [0, 0.05) is 11.8 Å². The van der Waals surface area contributed by atoms with Gasteiger partial charge in [-0.15, -0.1) is 0 Å². The number of thiazole rings is 1. The first-order chi connectivity index (χ1) is 10.3. The molecule has 2 aromatic heterocycles. The summed E-state index contributed by atoms with van der Waals surface area (Å²) in [4.78, 5) is 5.64. The van der Waals surface area contributed by atoms with Crippen molar-refractivity contribution in [3.05, 3.63) is 53.7 Å². The van der Waals surface area contributed by atoms with Crippen LogP contribution in [0.3, 0.4) is 0 Å². The number of methoxy groups -OCH3 is 1. The zero-order valence-electron chi connectivity index (χ0n) is 11.2. The first-order valence-corrected chi connectivity index (χ1v) is 7.66. The third-order valence-corrected chi connectivity index (χ3v) is 4.80. The van der Waals surface area contributed by atoms with Crippen molar-refractivity contribution in [2.24, 2.45) is 0 Å². The Morgan fingerprint density at radius 2 is 2.05 bits per heavy atom. The van der Waals surface area contributed by atoms with Gasteiger partial charge >= 0.3 is 0 Å². The van der Waals surface area contributed by atoms with Gasteiger partial charge in [0.1, 0.15) is 5.75 Å². The molecule has 0 aliphatic heterocycles. The number of hydrogen-bond donors (Lipinski definition) is 0. The summed E-state index contributed by atoms with van der Waals surface area (Å²) < 4.78 is 8.51. The van der Waals surface area contributed by atoms with Crippen molar-refractivity contribution in [3.8, 4) is 17.0 Å². The van der Waals surface area contributed by atoms with E-state index in [2.05, 4.69) is 10.5 Å². The van der Waals surface area contributed by atoms with Crippen LogP contribution in [0.2, 0.25) is 5.02 Å². The Balaban J connectivity index is 1.93. The topological polar surface area (TPSA) is 26.5 Å². The van der Waals surface area contributed by atoms with Crippen LogP contribution in [0.25, 0.3) is 26.4 Å². The molecule has 0 aliphatic rings. The predicted molar refractivity (Wildman–Crippen MR) is 87.6 cm³/mol. The molecule has 4 aromatic rings. The number of ether oxygens (including phenoxy) is 1. The van der Waals surface area contributed by atoms with Gasteiger partial charge in [-0.3, -0.25) is 4.40 Å². The number of halogens is 1. The second-order valence-electron chi connectivity index (χ2n) is 4.69. The minimum atomic E-state index is 0.717. The van der Waals surface area contributed by atoms with E-state index in [1.807, 2.05) is 42.6 Å². The van der Waals surface area contributed by atoms with Crippen LogP contribution in [0.15, 0.2) is 48.7 Å². The normalized spacial score (nSPS) is 11.3. The van der Waals surface area contributed by atoms with Gasteiger partial charge in [0.15, 0.2) is 4.96 Å². The lowest BCUT2D eigenvalue weighted by atomic mass is 10.2. The Labute approximate surface area is 130 Å². The summed E-state index contributed by atoms with van der Waals surface area (Å²) in [5.41, 5.74) is 2.97. The summed E-state index contributed by atoms with van der Waals surface area (Å²) in [7, 11) is 1.68. The molecule has 0 saturated carbocycles. The fourth-order valence-electron chi connectivity index (χ4n) is 2.41. The maximum Gasteiger partial charge on any atom is 0.195 e. The van der Waals surface area contributed by atoms with E-state index in [9.17, 15) is 0 Å². The molecule has 0 amide bonds. The van der Waals surface area contributed by atoms with Gasteiger partial charge in [-0.1, -0.05) is 41.1 Å². The average molecular weight is 315 g/mol. The number of aromatic nitrogens is 2. The van der Waals surface area contributed by atoms with Crippen LogP contribution in [-0.4, -0.2) is 16.5 Å². The molecular weight excluding hydrogens is 304 g/mol. The summed E-state index contributed by atoms with van der Waals surface area (Å²) in [5.74, 6) is 0.860. The maximum absolute atomic E-state index is 6.25. The van der Waals surface area contributed by atoms with E-state index >= 15 is 0 Å².